The van der Waals surface area contributed by atoms with Crippen LogP contribution in [0.5, 0.6) is 5.75 Å². The summed E-state index contributed by atoms with van der Waals surface area (Å²) in [6, 6.07) is 2.83. The summed E-state index contributed by atoms with van der Waals surface area (Å²) in [5.74, 6) is 0.140. The van der Waals surface area contributed by atoms with Crippen LogP contribution in [0.4, 0.5) is 10.1 Å². The highest BCUT2D eigenvalue weighted by Gasteiger charge is 2.05. The minimum atomic E-state index is -0.347. The van der Waals surface area contributed by atoms with Crippen LogP contribution >= 0.6 is 15.9 Å². The molecule has 0 heterocycles. The number of alkyl halides is 1. The lowest BCUT2D eigenvalue weighted by atomic mass is 10.1. The zero-order chi connectivity index (χ0) is 10.6. The van der Waals surface area contributed by atoms with Crippen LogP contribution in [-0.2, 0) is 0 Å². The quantitative estimate of drug-likeness (QED) is 0.670. The fraction of sp³-hybridized carbons (Fsp3) is 0.200. The summed E-state index contributed by atoms with van der Waals surface area (Å²) in [4.78, 5) is 0. The summed E-state index contributed by atoms with van der Waals surface area (Å²) in [5, 5.41) is 0.680. The van der Waals surface area contributed by atoms with Crippen molar-refractivity contribution in [3.63, 3.8) is 0 Å². The van der Waals surface area contributed by atoms with Crippen molar-refractivity contribution < 1.29 is 9.13 Å². The number of ether oxygens (including phenoxy) is 1. The summed E-state index contributed by atoms with van der Waals surface area (Å²) < 4.78 is 18.3. The van der Waals surface area contributed by atoms with E-state index in [0.29, 0.717) is 22.3 Å². The number of halogens is 2. The Kier molecular flexibility index (Phi) is 3.95. The normalized spacial score (nSPS) is 10.8. The maximum Gasteiger partial charge on any atom is 0.142 e. The van der Waals surface area contributed by atoms with Gasteiger partial charge < -0.3 is 10.5 Å². The Bertz CT molecular complexity index is 352. The molecule has 0 aliphatic carbocycles. The van der Waals surface area contributed by atoms with Crippen LogP contribution < -0.4 is 10.5 Å². The van der Waals surface area contributed by atoms with Crippen molar-refractivity contribution in [3.05, 3.63) is 29.6 Å². The smallest absolute Gasteiger partial charge is 0.142 e. The van der Waals surface area contributed by atoms with Gasteiger partial charge in [0.05, 0.1) is 12.8 Å². The van der Waals surface area contributed by atoms with Crippen LogP contribution in [-0.4, -0.2) is 12.4 Å². The third-order valence-electron chi connectivity index (χ3n) is 1.74. The Hall–Kier alpha value is -1.03. The molecule has 2 nitrogen and oxygen atoms in total. The van der Waals surface area contributed by atoms with Gasteiger partial charge in [-0.3, -0.25) is 0 Å². The second kappa shape index (κ2) is 5.00. The molecule has 1 aromatic rings. The van der Waals surface area contributed by atoms with Crippen molar-refractivity contribution in [1.29, 1.82) is 0 Å². The number of anilines is 1. The first-order valence-electron chi connectivity index (χ1n) is 4.04. The van der Waals surface area contributed by atoms with Crippen molar-refractivity contribution in [2.24, 2.45) is 0 Å². The largest absolute Gasteiger partial charge is 0.495 e. The fourth-order valence-electron chi connectivity index (χ4n) is 1.06. The van der Waals surface area contributed by atoms with Crippen molar-refractivity contribution in [2.45, 2.75) is 0 Å². The van der Waals surface area contributed by atoms with E-state index < -0.39 is 0 Å². The number of benzene rings is 1. The Balaban J connectivity index is 3.10. The number of methoxy groups -OCH3 is 1. The van der Waals surface area contributed by atoms with Crippen LogP contribution in [0.1, 0.15) is 5.56 Å². The van der Waals surface area contributed by atoms with Gasteiger partial charge in [0.15, 0.2) is 0 Å². The van der Waals surface area contributed by atoms with Crippen molar-refractivity contribution >= 4 is 27.7 Å². The Morgan fingerprint density at radius 3 is 2.86 bits per heavy atom. The summed E-state index contributed by atoms with van der Waals surface area (Å²) in [6.45, 7) is 0. The maximum absolute atomic E-state index is 13.3. The zero-order valence-electron chi connectivity index (χ0n) is 7.76. The number of hydrogen-bond donors (Lipinski definition) is 1. The van der Waals surface area contributed by atoms with Crippen molar-refractivity contribution in [2.75, 3.05) is 18.2 Å². The molecular weight excluding hydrogens is 249 g/mol. The average molecular weight is 260 g/mol. The first-order chi connectivity index (χ1) is 6.69. The molecule has 76 valence electrons. The summed E-state index contributed by atoms with van der Waals surface area (Å²) in [5.41, 5.74) is 6.31. The van der Waals surface area contributed by atoms with Gasteiger partial charge in [0.1, 0.15) is 11.6 Å². The lowest BCUT2D eigenvalue weighted by Gasteiger charge is -2.06. The minimum absolute atomic E-state index is 0.306. The molecular formula is C10H11BrFNO. The average Bonchev–Trinajstić information content (AvgIpc) is 2.17. The minimum Gasteiger partial charge on any atom is -0.495 e. The van der Waals surface area contributed by atoms with Gasteiger partial charge in [-0.1, -0.05) is 28.1 Å². The highest BCUT2D eigenvalue weighted by Crippen LogP contribution is 2.25. The Morgan fingerprint density at radius 1 is 1.57 bits per heavy atom. The van der Waals surface area contributed by atoms with Gasteiger partial charge in [0, 0.05) is 17.0 Å². The number of hydrogen-bond acceptors (Lipinski definition) is 2. The zero-order valence-corrected chi connectivity index (χ0v) is 9.34. The molecule has 0 saturated heterocycles. The first kappa shape index (κ1) is 11.0. The molecule has 0 aliphatic heterocycles. The number of rotatable bonds is 3. The number of nitrogens with two attached hydrogens (primary N) is 1. The summed E-state index contributed by atoms with van der Waals surface area (Å²) in [6.07, 6.45) is 3.47. The lowest BCUT2D eigenvalue weighted by molar-refractivity contribution is 0.416. The van der Waals surface area contributed by atoms with E-state index >= 15 is 0 Å². The molecule has 0 unspecified atom stereocenters. The van der Waals surface area contributed by atoms with Gasteiger partial charge in [0.25, 0.3) is 0 Å². The first-order valence-corrected chi connectivity index (χ1v) is 5.16. The highest BCUT2D eigenvalue weighted by atomic mass is 79.9. The van der Waals surface area contributed by atoms with Gasteiger partial charge in [-0.2, -0.15) is 0 Å². The van der Waals surface area contributed by atoms with Crippen molar-refractivity contribution in [3.8, 4) is 5.75 Å². The predicted molar refractivity (Wildman–Crippen MR) is 60.2 cm³/mol. The van der Waals surface area contributed by atoms with Gasteiger partial charge in [-0.15, -0.1) is 0 Å². The predicted octanol–water partition coefficient (Wildman–Crippen LogP) is 2.82. The van der Waals surface area contributed by atoms with Gasteiger partial charge in [-0.05, 0) is 6.07 Å². The second-order valence-electron chi connectivity index (χ2n) is 2.67. The molecule has 0 saturated carbocycles. The summed E-state index contributed by atoms with van der Waals surface area (Å²) >= 11 is 3.22. The fourth-order valence-corrected chi connectivity index (χ4v) is 1.25. The monoisotopic (exact) mass is 259 g/mol. The Labute approximate surface area is 90.7 Å². The molecule has 14 heavy (non-hydrogen) atoms. The molecule has 0 radical (unpaired) electrons. The second-order valence-corrected chi connectivity index (χ2v) is 3.32. The third kappa shape index (κ3) is 2.48. The number of nitrogen functional groups attached to an aromatic ring is 1. The topological polar surface area (TPSA) is 35.2 Å². The SMILES string of the molecule is COc1cc(C=CCBr)c(F)cc1N. The van der Waals surface area contributed by atoms with Crippen LogP contribution in [0.15, 0.2) is 18.2 Å². The number of allylic oxidation sites excluding steroid dienone is 1. The van der Waals surface area contributed by atoms with Crippen LogP contribution in [0.3, 0.4) is 0 Å². The third-order valence-corrected chi connectivity index (χ3v) is 2.11. The molecule has 0 aliphatic rings. The maximum atomic E-state index is 13.3. The molecule has 0 amide bonds. The van der Waals surface area contributed by atoms with E-state index in [0.717, 1.165) is 0 Å². The van der Waals surface area contributed by atoms with E-state index in [1.807, 2.05) is 0 Å². The van der Waals surface area contributed by atoms with Crippen LogP contribution in [0, 0.1) is 5.82 Å². The molecule has 0 aromatic heterocycles. The van der Waals surface area contributed by atoms with E-state index in [1.54, 1.807) is 18.2 Å². The summed E-state index contributed by atoms with van der Waals surface area (Å²) in [7, 11) is 1.50. The molecule has 0 atom stereocenters. The van der Waals surface area contributed by atoms with Crippen molar-refractivity contribution in [1.82, 2.24) is 0 Å². The highest BCUT2D eigenvalue weighted by molar-refractivity contribution is 9.09. The Morgan fingerprint density at radius 2 is 2.29 bits per heavy atom. The van der Waals surface area contributed by atoms with E-state index in [2.05, 4.69) is 15.9 Å². The molecule has 2 N–H and O–H groups in total. The van der Waals surface area contributed by atoms with E-state index in [9.17, 15) is 4.39 Å². The molecule has 1 rings (SSSR count). The van der Waals surface area contributed by atoms with E-state index in [1.165, 1.54) is 13.2 Å². The molecule has 0 bridgehead atoms. The molecule has 0 fully saturated rings. The standard InChI is InChI=1S/C10H11BrFNO/c1-14-10-5-7(3-2-4-11)8(12)6-9(10)13/h2-3,5-6H,4,13H2,1H3. The van der Waals surface area contributed by atoms with E-state index in [-0.39, 0.29) is 5.82 Å². The molecule has 1 aromatic carbocycles. The molecule has 4 heteroatoms. The van der Waals surface area contributed by atoms with Gasteiger partial charge in [0.2, 0.25) is 0 Å². The van der Waals surface area contributed by atoms with Crippen LogP contribution in [0.25, 0.3) is 6.08 Å². The van der Waals surface area contributed by atoms with Crippen LogP contribution in [0.2, 0.25) is 0 Å². The van der Waals surface area contributed by atoms with E-state index in [4.69, 9.17) is 10.5 Å². The van der Waals surface area contributed by atoms with Gasteiger partial charge in [-0.25, -0.2) is 4.39 Å². The lowest BCUT2D eigenvalue weighted by Crippen LogP contribution is -1.95. The van der Waals surface area contributed by atoms with Gasteiger partial charge >= 0.3 is 0 Å². The molecule has 0 spiro atoms.